The van der Waals surface area contributed by atoms with E-state index in [1.54, 1.807) is 7.05 Å². The lowest BCUT2D eigenvalue weighted by atomic mass is 10.1. The molecule has 0 unspecified atom stereocenters. The van der Waals surface area contributed by atoms with Gasteiger partial charge in [-0.1, -0.05) is 24.3 Å². The molecule has 0 atom stereocenters. The molecule has 0 heterocycles. The van der Waals surface area contributed by atoms with Crippen LogP contribution in [-0.2, 0) is 22.1 Å². The molecule has 0 bridgehead atoms. The molecule has 9 heteroatoms. The molecule has 6 nitrogen and oxygen atoms in total. The van der Waals surface area contributed by atoms with Crippen LogP contribution in [0.4, 0.5) is 10.1 Å². The number of nitrogens with zero attached hydrogens (tertiary/aromatic N) is 2. The minimum Gasteiger partial charge on any atom is -0.373 e. The molecule has 0 aliphatic rings. The van der Waals surface area contributed by atoms with Gasteiger partial charge in [0.2, 0.25) is 0 Å². The Kier molecular flexibility index (Phi) is 10.4. The lowest BCUT2D eigenvalue weighted by Crippen LogP contribution is -2.40. The number of hydrogen-bond acceptors (Lipinski definition) is 4. The predicted octanol–water partition coefficient (Wildman–Crippen LogP) is 2.79. The molecule has 2 rings (SSSR count). The summed E-state index contributed by atoms with van der Waals surface area (Å²) >= 11 is 0. The third-order valence-corrected chi connectivity index (χ3v) is 5.03. The molecule has 2 aromatic rings. The van der Waals surface area contributed by atoms with Gasteiger partial charge in [0, 0.05) is 45.7 Å². The summed E-state index contributed by atoms with van der Waals surface area (Å²) in [4.78, 5) is 6.29. The number of hydrogen-bond donors (Lipinski definition) is 2. The van der Waals surface area contributed by atoms with Crippen molar-refractivity contribution >= 4 is 45.5 Å². The Bertz CT molecular complexity index is 908. The van der Waals surface area contributed by atoms with Gasteiger partial charge >= 0.3 is 0 Å². The minimum atomic E-state index is -3.21. The van der Waals surface area contributed by atoms with Crippen LogP contribution in [0.2, 0.25) is 0 Å². The van der Waals surface area contributed by atoms with Gasteiger partial charge in [0.05, 0.1) is 5.75 Å². The second kappa shape index (κ2) is 12.0. The van der Waals surface area contributed by atoms with E-state index in [2.05, 4.69) is 20.5 Å². The third-order valence-electron chi connectivity index (χ3n) is 4.19. The number of guanidine groups is 1. The van der Waals surface area contributed by atoms with Crippen molar-refractivity contribution in [3.05, 3.63) is 65.5 Å². The molecule has 160 valence electrons. The van der Waals surface area contributed by atoms with E-state index in [-0.39, 0.29) is 36.3 Å². The Morgan fingerprint density at radius 1 is 1.10 bits per heavy atom. The molecule has 2 aromatic carbocycles. The van der Waals surface area contributed by atoms with Crippen molar-refractivity contribution in [2.45, 2.75) is 12.3 Å². The first kappa shape index (κ1) is 25.2. The zero-order valence-corrected chi connectivity index (χ0v) is 20.0. The molecule has 0 aliphatic heterocycles. The first-order valence-electron chi connectivity index (χ1n) is 8.94. The summed E-state index contributed by atoms with van der Waals surface area (Å²) in [6, 6.07) is 14.2. The SMILES string of the molecule is CN=C(NCCN(C)c1ccccc1)NCc1cc(F)ccc1CS(C)(=O)=O.I. The summed E-state index contributed by atoms with van der Waals surface area (Å²) in [5.41, 5.74) is 2.29. The number of halogens is 2. The highest BCUT2D eigenvalue weighted by Crippen LogP contribution is 2.14. The average Bonchev–Trinajstić information content (AvgIpc) is 2.66. The molecule has 29 heavy (non-hydrogen) atoms. The maximum Gasteiger partial charge on any atom is 0.191 e. The van der Waals surface area contributed by atoms with Crippen LogP contribution in [-0.4, -0.2) is 47.8 Å². The fourth-order valence-corrected chi connectivity index (χ4v) is 3.58. The van der Waals surface area contributed by atoms with Gasteiger partial charge < -0.3 is 15.5 Å². The Labute approximate surface area is 189 Å². The van der Waals surface area contributed by atoms with E-state index >= 15 is 0 Å². The molecule has 0 saturated carbocycles. The lowest BCUT2D eigenvalue weighted by Gasteiger charge is -2.20. The summed E-state index contributed by atoms with van der Waals surface area (Å²) in [6.45, 7) is 1.70. The van der Waals surface area contributed by atoms with Crippen molar-refractivity contribution < 1.29 is 12.8 Å². The first-order valence-corrected chi connectivity index (χ1v) is 11.0. The number of nitrogens with one attached hydrogen (secondary N) is 2. The molecular formula is C20H28FIN4O2S. The molecule has 0 saturated heterocycles. The molecule has 0 fully saturated rings. The maximum absolute atomic E-state index is 13.6. The summed E-state index contributed by atoms with van der Waals surface area (Å²) in [6.07, 6.45) is 1.16. The molecular weight excluding hydrogens is 506 g/mol. The van der Waals surface area contributed by atoms with Crippen molar-refractivity contribution in [3.63, 3.8) is 0 Å². The molecule has 0 aromatic heterocycles. The van der Waals surface area contributed by atoms with Gasteiger partial charge in [0.15, 0.2) is 15.8 Å². The van der Waals surface area contributed by atoms with Crippen molar-refractivity contribution in [2.24, 2.45) is 4.99 Å². The summed E-state index contributed by atoms with van der Waals surface area (Å²) in [7, 11) is 0.455. The van der Waals surface area contributed by atoms with Crippen LogP contribution in [0, 0.1) is 5.82 Å². The van der Waals surface area contributed by atoms with Crippen molar-refractivity contribution in [1.29, 1.82) is 0 Å². The monoisotopic (exact) mass is 534 g/mol. The smallest absolute Gasteiger partial charge is 0.191 e. The topological polar surface area (TPSA) is 73.8 Å². The third kappa shape index (κ3) is 8.99. The Morgan fingerprint density at radius 2 is 1.79 bits per heavy atom. The van der Waals surface area contributed by atoms with Crippen LogP contribution >= 0.6 is 24.0 Å². The highest BCUT2D eigenvalue weighted by atomic mass is 127. The van der Waals surface area contributed by atoms with Gasteiger partial charge in [0.1, 0.15) is 5.82 Å². The van der Waals surface area contributed by atoms with Crippen LogP contribution in [0.1, 0.15) is 11.1 Å². The number of rotatable bonds is 8. The minimum absolute atomic E-state index is 0. The van der Waals surface area contributed by atoms with Crippen molar-refractivity contribution in [2.75, 3.05) is 38.3 Å². The Hall–Kier alpha value is -1.88. The zero-order chi connectivity index (χ0) is 20.6. The Balaban J connectivity index is 0.00000420. The van der Waals surface area contributed by atoms with Crippen molar-refractivity contribution in [1.82, 2.24) is 10.6 Å². The Morgan fingerprint density at radius 3 is 2.41 bits per heavy atom. The van der Waals surface area contributed by atoms with Crippen LogP contribution < -0.4 is 15.5 Å². The molecule has 0 aliphatic carbocycles. The number of sulfone groups is 1. The van der Waals surface area contributed by atoms with Crippen LogP contribution in [0.15, 0.2) is 53.5 Å². The van der Waals surface area contributed by atoms with Crippen LogP contribution in [0.3, 0.4) is 0 Å². The summed E-state index contributed by atoms with van der Waals surface area (Å²) < 4.78 is 36.8. The van der Waals surface area contributed by atoms with E-state index in [0.717, 1.165) is 18.5 Å². The van der Waals surface area contributed by atoms with Gasteiger partial charge in [-0.2, -0.15) is 0 Å². The van der Waals surface area contributed by atoms with Gasteiger partial charge in [-0.3, -0.25) is 4.99 Å². The summed E-state index contributed by atoms with van der Waals surface area (Å²) in [5.74, 6) is 0.0376. The fraction of sp³-hybridized carbons (Fsp3) is 0.350. The van der Waals surface area contributed by atoms with Crippen molar-refractivity contribution in [3.8, 4) is 0 Å². The highest BCUT2D eigenvalue weighted by molar-refractivity contribution is 14.0. The molecule has 0 radical (unpaired) electrons. The number of para-hydroxylation sites is 1. The number of anilines is 1. The zero-order valence-electron chi connectivity index (χ0n) is 16.9. The lowest BCUT2D eigenvalue weighted by molar-refractivity contribution is 0.599. The van der Waals surface area contributed by atoms with E-state index in [9.17, 15) is 12.8 Å². The number of likely N-dealkylation sites (N-methyl/N-ethyl adjacent to an activating group) is 1. The van der Waals surface area contributed by atoms with Gasteiger partial charge in [-0.25, -0.2) is 12.8 Å². The van der Waals surface area contributed by atoms with E-state index in [0.29, 0.717) is 23.6 Å². The molecule has 0 amide bonds. The standard InChI is InChI=1S/C20H27FN4O2S.HI/c1-22-20(23-11-12-25(2)19-7-5-4-6-8-19)24-14-17-13-18(21)10-9-16(17)15-28(3,26)27;/h4-10,13H,11-12,14-15H2,1-3H3,(H2,22,23,24);1H. The summed E-state index contributed by atoms with van der Waals surface area (Å²) in [5, 5.41) is 6.32. The van der Waals surface area contributed by atoms with E-state index in [1.807, 2.05) is 37.4 Å². The molecule has 0 spiro atoms. The van der Waals surface area contributed by atoms with Gasteiger partial charge in [0.25, 0.3) is 0 Å². The quantitative estimate of drug-likeness (QED) is 0.310. The fourth-order valence-electron chi connectivity index (χ4n) is 2.74. The van der Waals surface area contributed by atoms with E-state index in [4.69, 9.17) is 0 Å². The average molecular weight is 534 g/mol. The molecule has 2 N–H and O–H groups in total. The highest BCUT2D eigenvalue weighted by Gasteiger charge is 2.11. The van der Waals surface area contributed by atoms with Crippen LogP contribution in [0.5, 0.6) is 0 Å². The first-order chi connectivity index (χ1) is 13.3. The van der Waals surface area contributed by atoms with Gasteiger partial charge in [-0.05, 0) is 35.4 Å². The van der Waals surface area contributed by atoms with E-state index in [1.165, 1.54) is 18.2 Å². The largest absolute Gasteiger partial charge is 0.373 e. The second-order valence-electron chi connectivity index (χ2n) is 6.59. The van der Waals surface area contributed by atoms with E-state index < -0.39 is 15.7 Å². The number of benzene rings is 2. The second-order valence-corrected chi connectivity index (χ2v) is 8.73. The predicted molar refractivity (Wildman–Crippen MR) is 128 cm³/mol. The number of aliphatic imine (C=N–C) groups is 1. The van der Waals surface area contributed by atoms with Crippen LogP contribution in [0.25, 0.3) is 0 Å². The normalized spacial score (nSPS) is 11.5. The van der Waals surface area contributed by atoms with Gasteiger partial charge in [-0.15, -0.1) is 24.0 Å². The maximum atomic E-state index is 13.6.